The van der Waals surface area contributed by atoms with E-state index in [2.05, 4.69) is 10.3 Å². The highest BCUT2D eigenvalue weighted by Gasteiger charge is 2.39. The van der Waals surface area contributed by atoms with Crippen LogP contribution in [-0.2, 0) is 9.59 Å². The Balaban J connectivity index is 1.34. The van der Waals surface area contributed by atoms with Crippen LogP contribution >= 0.6 is 11.8 Å². The first-order valence-electron chi connectivity index (χ1n) is 11.9. The van der Waals surface area contributed by atoms with Gasteiger partial charge in [-0.15, -0.1) is 0 Å². The number of thioether (sulfide) groups is 1. The van der Waals surface area contributed by atoms with Gasteiger partial charge in [-0.1, -0.05) is 42.1 Å². The fourth-order valence-electron chi connectivity index (χ4n) is 4.24. The molecular weight excluding hydrogens is 510 g/mol. The molecule has 0 aliphatic carbocycles. The van der Waals surface area contributed by atoms with E-state index in [-0.39, 0.29) is 18.3 Å². The van der Waals surface area contributed by atoms with Crippen LogP contribution in [0.4, 0.5) is 14.5 Å². The van der Waals surface area contributed by atoms with Crippen molar-refractivity contribution >= 4 is 40.1 Å². The van der Waals surface area contributed by atoms with Gasteiger partial charge in [0, 0.05) is 18.5 Å². The van der Waals surface area contributed by atoms with E-state index < -0.39 is 22.9 Å². The molecule has 7 nitrogen and oxygen atoms in total. The zero-order chi connectivity index (χ0) is 26.8. The van der Waals surface area contributed by atoms with Crippen LogP contribution in [0.25, 0.3) is 0 Å². The number of aliphatic imine (C=N–C) groups is 1. The number of nitrogens with one attached hydrogen (secondary N) is 1. The Bertz CT molecular complexity index is 1440. The van der Waals surface area contributed by atoms with Gasteiger partial charge in [-0.2, -0.15) is 10.1 Å². The van der Waals surface area contributed by atoms with Crippen LogP contribution in [-0.4, -0.2) is 40.1 Å². The minimum atomic E-state index is -0.734. The van der Waals surface area contributed by atoms with E-state index >= 15 is 0 Å². The zero-order valence-electron chi connectivity index (χ0n) is 20.7. The standard InChI is InChI=1S/C28H24F2N4O3S/c1-16-3-10-20(13-22(16)30)31-26(35)15-25-27(36)32-28(38-25)34-24(18-6-11-21(37-2)12-7-18)14-23(33-34)17-4-8-19(29)9-5-17/h3-13,24-25H,14-15H2,1-2H3,(H,31,35)/t24-,25-/m0/s1. The summed E-state index contributed by atoms with van der Waals surface area (Å²) in [4.78, 5) is 29.6. The van der Waals surface area contributed by atoms with Crippen molar-refractivity contribution in [2.75, 3.05) is 12.4 Å². The number of nitrogens with zero attached hydrogens (tertiary/aromatic N) is 3. The molecule has 10 heteroatoms. The summed E-state index contributed by atoms with van der Waals surface area (Å²) in [7, 11) is 1.59. The van der Waals surface area contributed by atoms with Gasteiger partial charge in [0.15, 0.2) is 5.17 Å². The second-order valence-corrected chi connectivity index (χ2v) is 10.1. The number of amides is 2. The lowest BCUT2D eigenvalue weighted by Crippen LogP contribution is -2.25. The summed E-state index contributed by atoms with van der Waals surface area (Å²) in [6.07, 6.45) is 0.386. The highest BCUT2D eigenvalue weighted by Crippen LogP contribution is 2.39. The van der Waals surface area contributed by atoms with Crippen molar-refractivity contribution in [2.24, 2.45) is 10.1 Å². The summed E-state index contributed by atoms with van der Waals surface area (Å²) in [5, 5.41) is 8.73. The predicted octanol–water partition coefficient (Wildman–Crippen LogP) is 5.46. The number of aryl methyl sites for hydroxylation is 1. The number of hydrazone groups is 1. The van der Waals surface area contributed by atoms with E-state index in [9.17, 15) is 18.4 Å². The molecule has 194 valence electrons. The number of hydrogen-bond donors (Lipinski definition) is 1. The molecule has 0 unspecified atom stereocenters. The van der Waals surface area contributed by atoms with E-state index in [1.807, 2.05) is 24.3 Å². The first-order valence-corrected chi connectivity index (χ1v) is 12.8. The second kappa shape index (κ2) is 10.7. The largest absolute Gasteiger partial charge is 0.497 e. The van der Waals surface area contributed by atoms with Crippen molar-refractivity contribution in [1.29, 1.82) is 0 Å². The van der Waals surface area contributed by atoms with Gasteiger partial charge in [0.2, 0.25) is 5.91 Å². The summed E-state index contributed by atoms with van der Waals surface area (Å²) in [6.45, 7) is 1.63. The Morgan fingerprint density at radius 2 is 1.84 bits per heavy atom. The van der Waals surface area contributed by atoms with Gasteiger partial charge in [-0.25, -0.2) is 13.8 Å². The number of carbonyl (C=O) groups excluding carboxylic acids is 2. The number of benzene rings is 3. The third kappa shape index (κ3) is 5.45. The summed E-state index contributed by atoms with van der Waals surface area (Å²) >= 11 is 1.17. The molecule has 2 aliphatic rings. The predicted molar refractivity (Wildman–Crippen MR) is 143 cm³/mol. The molecule has 3 aromatic rings. The van der Waals surface area contributed by atoms with E-state index in [1.165, 1.54) is 30.0 Å². The highest BCUT2D eigenvalue weighted by atomic mass is 32.2. The number of hydrogen-bond acceptors (Lipinski definition) is 6. The van der Waals surface area contributed by atoms with Crippen LogP contribution < -0.4 is 10.1 Å². The lowest BCUT2D eigenvalue weighted by atomic mass is 9.98. The number of anilines is 1. The maximum absolute atomic E-state index is 13.8. The molecule has 0 saturated heterocycles. The van der Waals surface area contributed by atoms with Gasteiger partial charge in [-0.05, 0) is 60.0 Å². The molecule has 0 fully saturated rings. The molecule has 5 rings (SSSR count). The average molecular weight is 535 g/mol. The number of halogens is 2. The van der Waals surface area contributed by atoms with E-state index in [0.29, 0.717) is 28.6 Å². The van der Waals surface area contributed by atoms with Crippen LogP contribution in [0.15, 0.2) is 76.8 Å². The van der Waals surface area contributed by atoms with Crippen molar-refractivity contribution in [3.8, 4) is 5.75 Å². The smallest absolute Gasteiger partial charge is 0.262 e. The third-order valence-corrected chi connectivity index (χ3v) is 7.48. The normalized spacial score (nSPS) is 18.8. The van der Waals surface area contributed by atoms with Crippen LogP contribution in [0, 0.1) is 18.6 Å². The molecule has 0 saturated carbocycles. The lowest BCUT2D eigenvalue weighted by Gasteiger charge is -2.23. The van der Waals surface area contributed by atoms with Gasteiger partial charge >= 0.3 is 0 Å². The highest BCUT2D eigenvalue weighted by molar-refractivity contribution is 8.15. The maximum Gasteiger partial charge on any atom is 0.262 e. The molecule has 3 aromatic carbocycles. The van der Waals surface area contributed by atoms with Gasteiger partial charge in [0.05, 0.1) is 18.9 Å². The lowest BCUT2D eigenvalue weighted by molar-refractivity contribution is -0.121. The fraction of sp³-hybridized carbons (Fsp3) is 0.214. The Morgan fingerprint density at radius 3 is 2.53 bits per heavy atom. The number of ether oxygens (including phenoxy) is 1. The van der Waals surface area contributed by atoms with E-state index in [4.69, 9.17) is 9.84 Å². The molecule has 2 aliphatic heterocycles. The number of rotatable bonds is 6. The summed E-state index contributed by atoms with van der Waals surface area (Å²) < 4.78 is 32.6. The van der Waals surface area contributed by atoms with Crippen LogP contribution in [0.5, 0.6) is 5.75 Å². The number of amidine groups is 1. The van der Waals surface area contributed by atoms with Crippen molar-refractivity contribution in [3.63, 3.8) is 0 Å². The maximum atomic E-state index is 13.8. The van der Waals surface area contributed by atoms with Crippen molar-refractivity contribution in [1.82, 2.24) is 5.01 Å². The summed E-state index contributed by atoms with van der Waals surface area (Å²) in [6, 6.07) is 17.8. The molecule has 0 aromatic heterocycles. The molecule has 2 atom stereocenters. The van der Waals surface area contributed by atoms with Crippen molar-refractivity contribution in [3.05, 3.63) is 95.1 Å². The molecule has 0 spiro atoms. The molecule has 0 bridgehead atoms. The van der Waals surface area contributed by atoms with Gasteiger partial charge < -0.3 is 10.1 Å². The Labute approximate surface area is 222 Å². The van der Waals surface area contributed by atoms with E-state index in [0.717, 1.165) is 16.8 Å². The topological polar surface area (TPSA) is 83.4 Å². The molecule has 1 N–H and O–H groups in total. The van der Waals surface area contributed by atoms with Gasteiger partial charge in [0.25, 0.3) is 5.91 Å². The zero-order valence-corrected chi connectivity index (χ0v) is 21.5. The van der Waals surface area contributed by atoms with Crippen LogP contribution in [0.3, 0.4) is 0 Å². The Hall–Kier alpha value is -4.05. The second-order valence-electron chi connectivity index (χ2n) is 8.95. The minimum Gasteiger partial charge on any atom is -0.497 e. The van der Waals surface area contributed by atoms with Gasteiger partial charge in [0.1, 0.15) is 22.6 Å². The van der Waals surface area contributed by atoms with Crippen molar-refractivity contribution < 1.29 is 23.1 Å². The molecule has 2 amide bonds. The quantitative estimate of drug-likeness (QED) is 0.454. The fourth-order valence-corrected chi connectivity index (χ4v) is 5.31. The number of carbonyl (C=O) groups is 2. The van der Waals surface area contributed by atoms with Gasteiger partial charge in [-0.3, -0.25) is 9.59 Å². The Morgan fingerprint density at radius 1 is 1.11 bits per heavy atom. The monoisotopic (exact) mass is 534 g/mol. The van der Waals surface area contributed by atoms with Crippen LogP contribution in [0.1, 0.15) is 35.6 Å². The van der Waals surface area contributed by atoms with E-state index in [1.54, 1.807) is 43.3 Å². The molecular formula is C28H24F2N4O3S. The first kappa shape index (κ1) is 25.6. The molecule has 2 heterocycles. The third-order valence-electron chi connectivity index (χ3n) is 6.34. The molecule has 38 heavy (non-hydrogen) atoms. The summed E-state index contributed by atoms with van der Waals surface area (Å²) in [5.74, 6) is -0.909. The average Bonchev–Trinajstić information content (AvgIpc) is 3.50. The summed E-state index contributed by atoms with van der Waals surface area (Å²) in [5.41, 5.74) is 3.22. The molecule has 0 radical (unpaired) electrons. The SMILES string of the molecule is COc1ccc([C@@H]2CC(c3ccc(F)cc3)=NN2C2=NC(=O)[C@H](CC(=O)Nc3ccc(C)c(F)c3)S2)cc1. The first-order chi connectivity index (χ1) is 18.3. The minimum absolute atomic E-state index is 0.123. The number of methoxy groups -OCH3 is 1. The van der Waals surface area contributed by atoms with Crippen LogP contribution in [0.2, 0.25) is 0 Å². The van der Waals surface area contributed by atoms with Crippen molar-refractivity contribution in [2.45, 2.75) is 31.1 Å². The Kier molecular flexibility index (Phi) is 7.24.